The molecule has 0 aromatic heterocycles. The quantitative estimate of drug-likeness (QED) is 0.682. The Balaban J connectivity index is 1.65. The number of rotatable bonds is 3. The van der Waals surface area contributed by atoms with Crippen molar-refractivity contribution in [3.05, 3.63) is 34.9 Å². The monoisotopic (exact) mass is 437 g/mol. The van der Waals surface area contributed by atoms with Crippen LogP contribution >= 0.6 is 0 Å². The van der Waals surface area contributed by atoms with E-state index in [-0.39, 0.29) is 29.7 Å². The Bertz CT molecular complexity index is 986. The van der Waals surface area contributed by atoms with Crippen LogP contribution in [0.3, 0.4) is 0 Å². The van der Waals surface area contributed by atoms with E-state index >= 15 is 0 Å². The largest absolute Gasteiger partial charge is 0.324 e. The minimum Gasteiger partial charge on any atom is -0.317 e. The predicted octanol–water partition coefficient (Wildman–Crippen LogP) is 4.93. The smallest absolute Gasteiger partial charge is 0.317 e. The van der Waals surface area contributed by atoms with Crippen LogP contribution in [0.1, 0.15) is 76.5 Å². The molecule has 1 saturated heterocycles. The number of aryl methyl sites for hydroxylation is 2. The van der Waals surface area contributed by atoms with Gasteiger partial charge in [0.1, 0.15) is 6.17 Å². The van der Waals surface area contributed by atoms with Crippen molar-refractivity contribution < 1.29 is 14.4 Å². The van der Waals surface area contributed by atoms with Crippen LogP contribution in [0.25, 0.3) is 5.57 Å². The summed E-state index contributed by atoms with van der Waals surface area (Å²) in [4.78, 5) is 43.0. The molecule has 2 aliphatic heterocycles. The molecule has 3 atom stereocenters. The lowest BCUT2D eigenvalue weighted by atomic mass is 9.81. The maximum absolute atomic E-state index is 13.7. The van der Waals surface area contributed by atoms with Crippen LogP contribution in [-0.2, 0) is 9.59 Å². The number of nitrogens with zero attached hydrogens (tertiary/aromatic N) is 2. The lowest BCUT2D eigenvalue weighted by Crippen LogP contribution is -2.59. The number of carbonyl (C=O) groups is 3. The van der Waals surface area contributed by atoms with Crippen molar-refractivity contribution in [2.45, 2.75) is 85.4 Å². The highest BCUT2D eigenvalue weighted by atomic mass is 16.2. The molecule has 2 fully saturated rings. The molecule has 4 amide bonds. The fourth-order valence-corrected chi connectivity index (χ4v) is 5.71. The molecule has 1 saturated carbocycles. The second kappa shape index (κ2) is 8.05. The van der Waals surface area contributed by atoms with Gasteiger partial charge < -0.3 is 5.32 Å². The number of urea groups is 1. The molecule has 1 N–H and O–H groups in total. The summed E-state index contributed by atoms with van der Waals surface area (Å²) in [7, 11) is 0. The first kappa shape index (κ1) is 22.6. The van der Waals surface area contributed by atoms with Gasteiger partial charge in [-0.2, -0.15) is 0 Å². The molecule has 6 nitrogen and oxygen atoms in total. The number of imide groups is 1. The molecule has 1 aromatic rings. The highest BCUT2D eigenvalue weighted by molar-refractivity contribution is 6.06. The Morgan fingerprint density at radius 3 is 2.19 bits per heavy atom. The van der Waals surface area contributed by atoms with Crippen LogP contribution in [0.5, 0.6) is 0 Å². The summed E-state index contributed by atoms with van der Waals surface area (Å²) < 4.78 is 0. The first-order valence-corrected chi connectivity index (χ1v) is 11.9. The Kier molecular flexibility index (Phi) is 5.68. The van der Waals surface area contributed by atoms with Crippen molar-refractivity contribution in [3.8, 4) is 0 Å². The van der Waals surface area contributed by atoms with E-state index in [1.165, 1.54) is 10.5 Å². The van der Waals surface area contributed by atoms with Crippen molar-refractivity contribution in [1.82, 2.24) is 10.2 Å². The average molecular weight is 438 g/mol. The molecule has 0 bridgehead atoms. The summed E-state index contributed by atoms with van der Waals surface area (Å²) in [6.07, 6.45) is 5.46. The van der Waals surface area contributed by atoms with Gasteiger partial charge in [0, 0.05) is 5.56 Å². The number of allylic oxidation sites excluding steroid dienone is 1. The van der Waals surface area contributed by atoms with Gasteiger partial charge in [-0.15, -0.1) is 0 Å². The van der Waals surface area contributed by atoms with Gasteiger partial charge in [0.2, 0.25) is 11.8 Å². The van der Waals surface area contributed by atoms with Crippen molar-refractivity contribution >= 4 is 29.1 Å². The van der Waals surface area contributed by atoms with Crippen molar-refractivity contribution in [2.75, 3.05) is 4.90 Å². The molecule has 1 aliphatic carbocycles. The number of carbonyl (C=O) groups excluding carboxylic acids is 3. The summed E-state index contributed by atoms with van der Waals surface area (Å²) in [5.41, 5.74) is 4.78. The molecule has 0 spiro atoms. The predicted molar refractivity (Wildman–Crippen MR) is 126 cm³/mol. The fraction of sp³-hybridized carbons (Fsp3) is 0.577. The number of nitrogens with one attached hydrogen (secondary N) is 1. The summed E-state index contributed by atoms with van der Waals surface area (Å²) in [5.74, 6) is -0.671. The van der Waals surface area contributed by atoms with Gasteiger partial charge in [0.15, 0.2) is 0 Å². The molecule has 0 unspecified atom stereocenters. The molecule has 2 heterocycles. The fourth-order valence-electron chi connectivity index (χ4n) is 5.71. The summed E-state index contributed by atoms with van der Waals surface area (Å²) in [5, 5.41) is 3.04. The maximum atomic E-state index is 13.7. The average Bonchev–Trinajstić information content (AvgIpc) is 2.98. The van der Waals surface area contributed by atoms with Crippen LogP contribution < -0.4 is 10.2 Å². The van der Waals surface area contributed by atoms with Gasteiger partial charge in [0.05, 0.1) is 23.1 Å². The number of hydrogen-bond donors (Lipinski definition) is 1. The normalized spacial score (nSPS) is 25.2. The molecule has 4 rings (SSSR count). The Hall–Kier alpha value is -2.63. The first-order chi connectivity index (χ1) is 15.1. The van der Waals surface area contributed by atoms with Gasteiger partial charge in [-0.25, -0.2) is 4.79 Å². The molecule has 172 valence electrons. The molecule has 0 radical (unpaired) electrons. The van der Waals surface area contributed by atoms with Gasteiger partial charge >= 0.3 is 6.03 Å². The zero-order valence-corrected chi connectivity index (χ0v) is 20.1. The number of likely N-dealkylation sites (tertiary alicyclic amines) is 1. The minimum absolute atomic E-state index is 0.118. The van der Waals surface area contributed by atoms with Gasteiger partial charge in [-0.3, -0.25) is 19.4 Å². The van der Waals surface area contributed by atoms with Crippen LogP contribution in [0.2, 0.25) is 0 Å². The summed E-state index contributed by atoms with van der Waals surface area (Å²) in [6.45, 7) is 12.1. The number of anilines is 1. The molecular weight excluding hydrogens is 402 g/mol. The van der Waals surface area contributed by atoms with E-state index in [0.29, 0.717) is 6.42 Å². The molecule has 3 aliphatic rings. The standard InChI is InChI=1S/C26H35N3O3/c1-7-22(28-23(30)18-10-8-9-11-19(18)24(28)31)27-25(32)29-21-13-16(3)15(2)12-20(21)17(4)14-26(29,5)6/h12-14,18-19,22H,7-11H2,1-6H3,(H,27,32)/t18-,19+,22-/m1/s1. The Labute approximate surface area is 191 Å². The van der Waals surface area contributed by atoms with Gasteiger partial charge in [0.25, 0.3) is 0 Å². The van der Waals surface area contributed by atoms with E-state index in [1.54, 1.807) is 4.90 Å². The zero-order valence-electron chi connectivity index (χ0n) is 20.1. The third-order valence-corrected chi connectivity index (χ3v) is 7.49. The lowest BCUT2D eigenvalue weighted by molar-refractivity contribution is -0.143. The highest BCUT2D eigenvalue weighted by Crippen LogP contribution is 2.41. The number of fused-ring (bicyclic) bond motifs is 2. The summed E-state index contributed by atoms with van der Waals surface area (Å²) in [6, 6.07) is 3.90. The molecule has 6 heteroatoms. The van der Waals surface area contributed by atoms with E-state index in [4.69, 9.17) is 0 Å². The molecule has 1 aromatic carbocycles. The van der Waals surface area contributed by atoms with E-state index < -0.39 is 11.7 Å². The van der Waals surface area contributed by atoms with Gasteiger partial charge in [-0.1, -0.05) is 25.8 Å². The van der Waals surface area contributed by atoms with Crippen LogP contribution in [0, 0.1) is 25.7 Å². The lowest BCUT2D eigenvalue weighted by Gasteiger charge is -2.42. The molecule has 32 heavy (non-hydrogen) atoms. The minimum atomic E-state index is -0.633. The van der Waals surface area contributed by atoms with Crippen LogP contribution in [0.4, 0.5) is 10.5 Å². The molecular formula is C26H35N3O3. The van der Waals surface area contributed by atoms with Crippen LogP contribution in [-0.4, -0.2) is 34.5 Å². The third-order valence-electron chi connectivity index (χ3n) is 7.49. The number of benzene rings is 1. The van der Waals surface area contributed by atoms with E-state index in [1.807, 2.05) is 27.7 Å². The second-order valence-electron chi connectivity index (χ2n) is 10.2. The summed E-state index contributed by atoms with van der Waals surface area (Å²) >= 11 is 0. The Morgan fingerprint density at radius 1 is 1.06 bits per heavy atom. The van der Waals surface area contributed by atoms with Gasteiger partial charge in [-0.05, 0) is 82.7 Å². The Morgan fingerprint density at radius 2 is 1.62 bits per heavy atom. The van der Waals surface area contributed by atoms with E-state index in [9.17, 15) is 14.4 Å². The number of hydrogen-bond acceptors (Lipinski definition) is 3. The van der Waals surface area contributed by atoms with Crippen molar-refractivity contribution in [1.29, 1.82) is 0 Å². The van der Waals surface area contributed by atoms with Crippen molar-refractivity contribution in [2.24, 2.45) is 11.8 Å². The second-order valence-corrected chi connectivity index (χ2v) is 10.2. The zero-order chi connectivity index (χ0) is 23.4. The third kappa shape index (κ3) is 3.54. The highest BCUT2D eigenvalue weighted by Gasteiger charge is 2.51. The van der Waals surface area contributed by atoms with E-state index in [0.717, 1.165) is 48.1 Å². The van der Waals surface area contributed by atoms with Crippen LogP contribution in [0.15, 0.2) is 18.2 Å². The first-order valence-electron chi connectivity index (χ1n) is 11.9. The van der Waals surface area contributed by atoms with E-state index in [2.05, 4.69) is 37.4 Å². The van der Waals surface area contributed by atoms with Crippen molar-refractivity contribution in [3.63, 3.8) is 0 Å². The maximum Gasteiger partial charge on any atom is 0.324 e. The number of amides is 4. The topological polar surface area (TPSA) is 69.7 Å². The SMILES string of the molecule is CC[C@H](NC(=O)N1c2cc(C)c(C)cc2C(C)=CC1(C)C)N1C(=O)[C@H]2CCCC[C@H]2C1=O.